The number of H-pyrrole nitrogens is 2. The van der Waals surface area contributed by atoms with Gasteiger partial charge in [0.2, 0.25) is 23.6 Å². The Morgan fingerprint density at radius 1 is 0.621 bits per heavy atom. The summed E-state index contributed by atoms with van der Waals surface area (Å²) in [4.78, 5) is 90.1. The van der Waals surface area contributed by atoms with Gasteiger partial charge in [-0.05, 0) is 84.3 Å². The summed E-state index contributed by atoms with van der Waals surface area (Å²) >= 11 is 0. The molecule has 340 valence electrons. The smallest absolute Gasteiger partial charge is 0.242 e. The van der Waals surface area contributed by atoms with Crippen molar-refractivity contribution in [3.05, 3.63) is 156 Å². The first-order valence-corrected chi connectivity index (χ1v) is 22.5. The van der Waals surface area contributed by atoms with Gasteiger partial charge in [-0.2, -0.15) is 0 Å². The minimum absolute atomic E-state index is 0.127. The van der Waals surface area contributed by atoms with E-state index < -0.39 is 47.4 Å². The molecule has 0 unspecified atom stereocenters. The molecule has 13 nitrogen and oxygen atoms in total. The monoisotopic (exact) mass is 887 g/mol. The van der Waals surface area contributed by atoms with E-state index >= 15 is 0 Å². The Labute approximate surface area is 383 Å². The quantitative estimate of drug-likeness (QED) is 0.0241. The summed E-state index contributed by atoms with van der Waals surface area (Å²) in [5.74, 6) is -5.40. The van der Waals surface area contributed by atoms with Gasteiger partial charge in [-0.25, -0.2) is 0 Å². The number of fused-ring (bicyclic) bond motifs is 3. The number of aromatic nitrogens is 2. The van der Waals surface area contributed by atoms with Gasteiger partial charge in [-0.15, -0.1) is 0 Å². The van der Waals surface area contributed by atoms with Gasteiger partial charge < -0.3 is 26.8 Å². The van der Waals surface area contributed by atoms with E-state index in [4.69, 9.17) is 11.5 Å². The number of hydrazine groups is 1. The second-order valence-electron chi connectivity index (χ2n) is 17.1. The SMILES string of the molecule is CN(NC(=O)[C@H](CC(=O)c1ccc2ccccc2c1)Cc1c[nH]c2ccccc12)C(=O)C[C@@H](Cc1c[nH]c2ccccc12)C(=O)N[C@H](Cc1ccccc1)C(=O)C[C@@H](CCCCN)C(N)=O. The third kappa shape index (κ3) is 11.8. The van der Waals surface area contributed by atoms with E-state index in [1.54, 1.807) is 12.3 Å². The van der Waals surface area contributed by atoms with E-state index in [2.05, 4.69) is 20.7 Å². The van der Waals surface area contributed by atoms with Crippen molar-refractivity contribution in [2.24, 2.45) is 29.2 Å². The van der Waals surface area contributed by atoms with Crippen molar-refractivity contribution in [3.8, 4) is 0 Å². The van der Waals surface area contributed by atoms with E-state index in [0.29, 0.717) is 31.4 Å². The van der Waals surface area contributed by atoms with Crippen LogP contribution in [0.4, 0.5) is 0 Å². The van der Waals surface area contributed by atoms with E-state index in [9.17, 15) is 28.8 Å². The maximum absolute atomic E-state index is 14.6. The number of benzene rings is 5. The summed E-state index contributed by atoms with van der Waals surface area (Å²) in [6, 6.07) is 36.7. The number of hydrogen-bond donors (Lipinski definition) is 6. The van der Waals surface area contributed by atoms with Gasteiger partial charge in [-0.1, -0.05) is 110 Å². The third-order valence-corrected chi connectivity index (χ3v) is 12.4. The molecule has 8 N–H and O–H groups in total. The van der Waals surface area contributed by atoms with Crippen molar-refractivity contribution >= 4 is 67.8 Å². The van der Waals surface area contributed by atoms with Gasteiger partial charge in [0.1, 0.15) is 0 Å². The maximum atomic E-state index is 14.6. The number of amides is 4. The average Bonchev–Trinajstić information content (AvgIpc) is 3.94. The zero-order valence-electron chi connectivity index (χ0n) is 37.1. The molecular weight excluding hydrogens is 831 g/mol. The molecule has 0 saturated carbocycles. The molecular formula is C53H57N7O6. The van der Waals surface area contributed by atoms with Gasteiger partial charge in [0, 0.05) is 72.0 Å². The zero-order chi connectivity index (χ0) is 46.6. The van der Waals surface area contributed by atoms with Crippen LogP contribution in [-0.4, -0.2) is 69.8 Å². The number of rotatable bonds is 22. The Bertz CT molecular complexity index is 2830. The number of nitrogens with zero attached hydrogens (tertiary/aromatic N) is 1. The highest BCUT2D eigenvalue weighted by Gasteiger charge is 2.32. The second-order valence-corrected chi connectivity index (χ2v) is 17.1. The molecule has 0 saturated heterocycles. The molecule has 0 aliphatic heterocycles. The van der Waals surface area contributed by atoms with E-state index in [-0.39, 0.29) is 50.1 Å². The number of carbonyl (C=O) groups excluding carboxylic acids is 6. The van der Waals surface area contributed by atoms with Crippen molar-refractivity contribution in [2.75, 3.05) is 13.6 Å². The van der Waals surface area contributed by atoms with Gasteiger partial charge in [0.25, 0.3) is 0 Å². The van der Waals surface area contributed by atoms with Crippen LogP contribution >= 0.6 is 0 Å². The first-order valence-electron chi connectivity index (χ1n) is 22.5. The Morgan fingerprint density at radius 2 is 1.21 bits per heavy atom. The number of unbranched alkanes of at least 4 members (excludes halogenated alkanes) is 1. The summed E-state index contributed by atoms with van der Waals surface area (Å²) in [6.45, 7) is 0.443. The number of nitrogens with two attached hydrogens (primary N) is 2. The summed E-state index contributed by atoms with van der Waals surface area (Å²) in [6.07, 6.45) is 5.18. The van der Waals surface area contributed by atoms with Crippen LogP contribution in [0, 0.1) is 17.8 Å². The molecule has 5 aromatic carbocycles. The van der Waals surface area contributed by atoms with Crippen molar-refractivity contribution in [2.45, 2.75) is 63.8 Å². The number of Topliss-reactive ketones (excluding diaryl/α,β-unsaturated/α-hetero) is 2. The van der Waals surface area contributed by atoms with Crippen molar-refractivity contribution in [3.63, 3.8) is 0 Å². The molecule has 7 rings (SSSR count). The number of primary amides is 1. The summed E-state index contributed by atoms with van der Waals surface area (Å²) in [7, 11) is 1.42. The fourth-order valence-electron chi connectivity index (χ4n) is 8.67. The first-order chi connectivity index (χ1) is 32.0. The molecule has 0 radical (unpaired) electrons. The van der Waals surface area contributed by atoms with Gasteiger partial charge >= 0.3 is 0 Å². The predicted octanol–water partition coefficient (Wildman–Crippen LogP) is 6.89. The van der Waals surface area contributed by atoms with Crippen molar-refractivity contribution < 1.29 is 28.8 Å². The molecule has 0 spiro atoms. The van der Waals surface area contributed by atoms with Crippen LogP contribution in [0.5, 0.6) is 0 Å². The number of nitrogens with one attached hydrogen (secondary N) is 4. The highest BCUT2D eigenvalue weighted by molar-refractivity contribution is 6.02. The molecule has 4 atom stereocenters. The highest BCUT2D eigenvalue weighted by Crippen LogP contribution is 2.27. The van der Waals surface area contributed by atoms with Gasteiger partial charge in [-0.3, -0.25) is 39.2 Å². The molecule has 0 aliphatic carbocycles. The Hall–Kier alpha value is -7.38. The molecule has 2 aromatic heterocycles. The molecule has 7 aromatic rings. The van der Waals surface area contributed by atoms with E-state index in [1.807, 2.05) is 121 Å². The van der Waals surface area contributed by atoms with Gasteiger partial charge in [0.15, 0.2) is 11.6 Å². The second kappa shape index (κ2) is 22.0. The van der Waals surface area contributed by atoms with Crippen LogP contribution in [0.2, 0.25) is 0 Å². The highest BCUT2D eigenvalue weighted by atomic mass is 16.2. The number of para-hydroxylation sites is 2. The Morgan fingerprint density at radius 3 is 1.85 bits per heavy atom. The van der Waals surface area contributed by atoms with Crippen LogP contribution in [0.15, 0.2) is 134 Å². The van der Waals surface area contributed by atoms with Crippen molar-refractivity contribution in [1.82, 2.24) is 25.7 Å². The van der Waals surface area contributed by atoms with Crippen LogP contribution in [0.1, 0.15) is 65.6 Å². The van der Waals surface area contributed by atoms with Crippen LogP contribution in [0.25, 0.3) is 32.6 Å². The fourth-order valence-corrected chi connectivity index (χ4v) is 8.67. The van der Waals surface area contributed by atoms with Gasteiger partial charge in [0.05, 0.1) is 17.9 Å². The lowest BCUT2D eigenvalue weighted by atomic mass is 9.89. The normalized spacial score (nSPS) is 13.2. The number of carbonyl (C=O) groups is 6. The maximum Gasteiger partial charge on any atom is 0.242 e. The number of hydrogen-bond acceptors (Lipinski definition) is 7. The minimum Gasteiger partial charge on any atom is -0.369 e. The fraction of sp³-hybridized carbons (Fsp3) is 0.283. The minimum atomic E-state index is -1.03. The average molecular weight is 888 g/mol. The molecule has 4 amide bonds. The molecule has 0 fully saturated rings. The lowest BCUT2D eigenvalue weighted by Crippen LogP contribution is -2.49. The summed E-state index contributed by atoms with van der Waals surface area (Å²) in [5, 5.41) is 7.72. The zero-order valence-corrected chi connectivity index (χ0v) is 37.1. The molecule has 66 heavy (non-hydrogen) atoms. The first kappa shape index (κ1) is 46.6. The number of aromatic amines is 2. The Balaban J connectivity index is 1.12. The molecule has 2 heterocycles. The number of ketones is 2. The summed E-state index contributed by atoms with van der Waals surface area (Å²) in [5.41, 5.74) is 18.8. The lowest BCUT2D eigenvalue weighted by molar-refractivity contribution is -0.143. The molecule has 13 heteroatoms. The topological polar surface area (TPSA) is 213 Å². The largest absolute Gasteiger partial charge is 0.369 e. The van der Waals surface area contributed by atoms with Crippen molar-refractivity contribution in [1.29, 1.82) is 0 Å². The lowest BCUT2D eigenvalue weighted by Gasteiger charge is -2.26. The molecule has 0 aliphatic rings. The standard InChI is InChI=1S/C53H57N7O6/c1-60(59-53(66)39(27-41-32-56-45-20-9-7-18-43(41)45)30-48(61)37-23-22-35-15-5-6-16-36(35)26-37)50(63)31-40(28-42-33-57-46-21-10-8-19-44(42)46)52(65)58-47(25-34-13-3-2-4-14-34)49(62)29-38(51(55)64)17-11-12-24-54/h2-10,13-16,18-23,26,32-33,38-40,47,56-57H,11-12,17,24-25,27-31,54H2,1H3,(H2,55,64)(H,58,65)(H,59,66)/t38-,39+,40-,47-/m1/s1. The predicted molar refractivity (Wildman–Crippen MR) is 257 cm³/mol. The van der Waals surface area contributed by atoms with E-state index in [0.717, 1.165) is 54.3 Å². The molecule has 0 bridgehead atoms. The van der Waals surface area contributed by atoms with Crippen LogP contribution in [0.3, 0.4) is 0 Å². The Kier molecular flexibility index (Phi) is 15.5. The van der Waals surface area contributed by atoms with E-state index in [1.165, 1.54) is 7.05 Å². The summed E-state index contributed by atoms with van der Waals surface area (Å²) < 4.78 is 0. The third-order valence-electron chi connectivity index (χ3n) is 12.4. The van der Waals surface area contributed by atoms with Crippen LogP contribution < -0.4 is 22.2 Å². The van der Waals surface area contributed by atoms with Crippen LogP contribution in [-0.2, 0) is 43.2 Å².